The van der Waals surface area contributed by atoms with Crippen molar-refractivity contribution in [1.29, 1.82) is 0 Å². The molecule has 1 unspecified atom stereocenters. The third kappa shape index (κ3) is 3.92. The summed E-state index contributed by atoms with van der Waals surface area (Å²) in [6.45, 7) is 2.45. The minimum atomic E-state index is -0.0552. The van der Waals surface area contributed by atoms with Crippen molar-refractivity contribution in [2.45, 2.75) is 24.5 Å². The molecule has 0 saturated heterocycles. The van der Waals surface area contributed by atoms with Crippen LogP contribution in [0.3, 0.4) is 0 Å². The van der Waals surface area contributed by atoms with Gasteiger partial charge in [-0.25, -0.2) is 9.97 Å². The average Bonchev–Trinajstić information content (AvgIpc) is 2.52. The maximum absolute atomic E-state index is 12.2. The van der Waals surface area contributed by atoms with E-state index in [4.69, 9.17) is 10.5 Å². The van der Waals surface area contributed by atoms with E-state index in [2.05, 4.69) is 15.3 Å². The third-order valence-electron chi connectivity index (χ3n) is 3.48. The number of benzene rings is 1. The lowest BCUT2D eigenvalue weighted by Gasteiger charge is -2.26. The highest BCUT2D eigenvalue weighted by atomic mass is 32.2. The molecule has 1 aliphatic heterocycles. The number of hydrogen-bond donors (Lipinski definition) is 2. The van der Waals surface area contributed by atoms with Gasteiger partial charge in [-0.3, -0.25) is 4.79 Å². The Morgan fingerprint density at radius 1 is 1.43 bits per heavy atom. The van der Waals surface area contributed by atoms with Gasteiger partial charge in [-0.15, -0.1) is 0 Å². The van der Waals surface area contributed by atoms with E-state index in [0.717, 1.165) is 23.4 Å². The Morgan fingerprint density at radius 2 is 2.26 bits per heavy atom. The number of amides is 1. The highest BCUT2D eigenvalue weighted by molar-refractivity contribution is 7.99. The van der Waals surface area contributed by atoms with Gasteiger partial charge in [-0.2, -0.15) is 0 Å². The lowest BCUT2D eigenvalue weighted by atomic mass is 10.0. The predicted molar refractivity (Wildman–Crippen MR) is 89.3 cm³/mol. The van der Waals surface area contributed by atoms with Crippen LogP contribution in [0.5, 0.6) is 5.75 Å². The van der Waals surface area contributed by atoms with Crippen molar-refractivity contribution in [3.05, 3.63) is 41.6 Å². The number of anilines is 1. The average molecular weight is 330 g/mol. The highest BCUT2D eigenvalue weighted by Crippen LogP contribution is 2.31. The Balaban J connectivity index is 1.60. The van der Waals surface area contributed by atoms with Crippen molar-refractivity contribution in [3.8, 4) is 5.75 Å². The Kier molecular flexibility index (Phi) is 4.66. The molecule has 120 valence electrons. The lowest BCUT2D eigenvalue weighted by molar-refractivity contribution is -0.119. The number of carbonyl (C=O) groups is 1. The maximum atomic E-state index is 12.2. The summed E-state index contributed by atoms with van der Waals surface area (Å²) in [5.74, 6) is 1.45. The molecule has 2 aromatic rings. The van der Waals surface area contributed by atoms with Crippen molar-refractivity contribution in [2.24, 2.45) is 0 Å². The molecule has 3 N–H and O–H groups in total. The molecule has 1 aliphatic rings. The summed E-state index contributed by atoms with van der Waals surface area (Å²) in [6.07, 6.45) is 0.765. The van der Waals surface area contributed by atoms with Crippen molar-refractivity contribution >= 4 is 23.5 Å². The van der Waals surface area contributed by atoms with E-state index in [1.54, 1.807) is 6.07 Å². The minimum Gasteiger partial charge on any atom is -0.493 e. The van der Waals surface area contributed by atoms with Crippen LogP contribution in [-0.2, 0) is 4.79 Å². The Bertz CT molecular complexity index is 703. The van der Waals surface area contributed by atoms with E-state index >= 15 is 0 Å². The van der Waals surface area contributed by atoms with Crippen molar-refractivity contribution in [3.63, 3.8) is 0 Å². The topological polar surface area (TPSA) is 90.1 Å². The maximum Gasteiger partial charge on any atom is 0.230 e. The number of thioether (sulfide) groups is 1. The zero-order chi connectivity index (χ0) is 16.2. The van der Waals surface area contributed by atoms with Crippen molar-refractivity contribution in [2.75, 3.05) is 18.1 Å². The summed E-state index contributed by atoms with van der Waals surface area (Å²) in [5.41, 5.74) is 7.50. The fourth-order valence-electron chi connectivity index (χ4n) is 2.49. The molecular formula is C16H18N4O2S. The van der Waals surface area contributed by atoms with Crippen LogP contribution in [0.15, 0.2) is 35.5 Å². The molecule has 3 rings (SSSR count). The standard InChI is InChI=1S/C16H18N4O2S/c1-10-8-14(17)20-16(18-10)23-9-15(21)19-12-6-7-22-13-5-3-2-4-11(12)13/h2-5,8,12H,6-7,9H2,1H3,(H,19,21)(H2,17,18,20). The van der Waals surface area contributed by atoms with Crippen LogP contribution >= 0.6 is 11.8 Å². The molecule has 0 saturated carbocycles. The summed E-state index contributed by atoms with van der Waals surface area (Å²) in [4.78, 5) is 20.6. The third-order valence-corrected chi connectivity index (χ3v) is 4.33. The van der Waals surface area contributed by atoms with Crippen LogP contribution in [0.1, 0.15) is 23.7 Å². The number of nitrogens with zero attached hydrogens (tertiary/aromatic N) is 2. The first-order valence-electron chi connectivity index (χ1n) is 7.37. The molecule has 0 bridgehead atoms. The zero-order valence-electron chi connectivity index (χ0n) is 12.8. The van der Waals surface area contributed by atoms with Crippen LogP contribution < -0.4 is 15.8 Å². The van der Waals surface area contributed by atoms with Crippen molar-refractivity contribution in [1.82, 2.24) is 15.3 Å². The molecular weight excluding hydrogens is 312 g/mol. The molecule has 0 radical (unpaired) electrons. The summed E-state index contributed by atoms with van der Waals surface area (Å²) in [5, 5.41) is 3.57. The van der Waals surface area contributed by atoms with Crippen LogP contribution in [0.25, 0.3) is 0 Å². The van der Waals surface area contributed by atoms with Gasteiger partial charge in [0, 0.05) is 23.7 Å². The second-order valence-corrected chi connectivity index (χ2v) is 6.24. The number of nitrogens with one attached hydrogen (secondary N) is 1. The molecule has 1 amide bonds. The number of aromatic nitrogens is 2. The van der Waals surface area contributed by atoms with E-state index in [1.807, 2.05) is 31.2 Å². The summed E-state index contributed by atoms with van der Waals surface area (Å²) in [7, 11) is 0. The van der Waals surface area contributed by atoms with Crippen LogP contribution in [0.2, 0.25) is 0 Å². The molecule has 1 aromatic heterocycles. The number of carbonyl (C=O) groups excluding carboxylic acids is 1. The van der Waals surface area contributed by atoms with Gasteiger partial charge in [0.25, 0.3) is 0 Å². The van der Waals surface area contributed by atoms with E-state index in [-0.39, 0.29) is 17.7 Å². The normalized spacial score (nSPS) is 16.3. The largest absolute Gasteiger partial charge is 0.493 e. The van der Waals surface area contributed by atoms with Gasteiger partial charge in [0.1, 0.15) is 11.6 Å². The number of hydrogen-bond acceptors (Lipinski definition) is 6. The van der Waals surface area contributed by atoms with Gasteiger partial charge >= 0.3 is 0 Å². The number of fused-ring (bicyclic) bond motifs is 1. The van der Waals surface area contributed by atoms with Crippen LogP contribution in [-0.4, -0.2) is 28.2 Å². The van der Waals surface area contributed by atoms with E-state index in [1.165, 1.54) is 11.8 Å². The number of nitrogens with two attached hydrogens (primary N) is 1. The summed E-state index contributed by atoms with van der Waals surface area (Å²) in [6, 6.07) is 9.46. The monoisotopic (exact) mass is 330 g/mol. The molecule has 0 aliphatic carbocycles. The number of rotatable bonds is 4. The van der Waals surface area contributed by atoms with Crippen LogP contribution in [0.4, 0.5) is 5.82 Å². The fraction of sp³-hybridized carbons (Fsp3) is 0.312. The van der Waals surface area contributed by atoms with E-state index in [0.29, 0.717) is 17.6 Å². The quantitative estimate of drug-likeness (QED) is 0.659. The number of aryl methyl sites for hydroxylation is 1. The smallest absolute Gasteiger partial charge is 0.230 e. The predicted octanol–water partition coefficient (Wildman–Crippen LogP) is 2.10. The lowest BCUT2D eigenvalue weighted by Crippen LogP contribution is -2.33. The molecule has 0 fully saturated rings. The molecule has 7 heteroatoms. The van der Waals surface area contributed by atoms with Gasteiger partial charge < -0.3 is 15.8 Å². The zero-order valence-corrected chi connectivity index (χ0v) is 13.6. The van der Waals surface area contributed by atoms with E-state index in [9.17, 15) is 4.79 Å². The fourth-order valence-corrected chi connectivity index (χ4v) is 3.21. The highest BCUT2D eigenvalue weighted by Gasteiger charge is 2.22. The molecule has 0 spiro atoms. The van der Waals surface area contributed by atoms with Crippen LogP contribution in [0, 0.1) is 6.92 Å². The second-order valence-electron chi connectivity index (χ2n) is 5.30. The van der Waals surface area contributed by atoms with Gasteiger partial charge in [0.05, 0.1) is 18.4 Å². The van der Waals surface area contributed by atoms with Gasteiger partial charge in [0.15, 0.2) is 5.16 Å². The second kappa shape index (κ2) is 6.87. The van der Waals surface area contributed by atoms with E-state index < -0.39 is 0 Å². The SMILES string of the molecule is Cc1cc(N)nc(SCC(=O)NC2CCOc3ccccc32)n1. The Hall–Kier alpha value is -2.28. The van der Waals surface area contributed by atoms with Gasteiger partial charge in [0.2, 0.25) is 5.91 Å². The number of para-hydroxylation sites is 1. The number of ether oxygens (including phenoxy) is 1. The first-order chi connectivity index (χ1) is 11.1. The Labute approximate surface area is 138 Å². The molecule has 1 atom stereocenters. The summed E-state index contributed by atoms with van der Waals surface area (Å²) < 4.78 is 5.60. The first kappa shape index (κ1) is 15.6. The molecule has 23 heavy (non-hydrogen) atoms. The first-order valence-corrected chi connectivity index (χ1v) is 8.35. The van der Waals surface area contributed by atoms with Gasteiger partial charge in [-0.1, -0.05) is 30.0 Å². The summed E-state index contributed by atoms with van der Waals surface area (Å²) >= 11 is 1.28. The molecule has 1 aromatic carbocycles. The minimum absolute atomic E-state index is 0.0171. The van der Waals surface area contributed by atoms with Crippen molar-refractivity contribution < 1.29 is 9.53 Å². The molecule has 2 heterocycles. The molecule has 6 nitrogen and oxygen atoms in total. The number of nitrogen functional groups attached to an aromatic ring is 1. The Morgan fingerprint density at radius 3 is 3.09 bits per heavy atom. The van der Waals surface area contributed by atoms with Gasteiger partial charge in [-0.05, 0) is 13.0 Å².